The van der Waals surface area contributed by atoms with Crippen molar-refractivity contribution >= 4 is 17.6 Å². The minimum atomic E-state index is -0.445. The first-order valence-corrected chi connectivity index (χ1v) is 8.40. The van der Waals surface area contributed by atoms with E-state index in [9.17, 15) is 9.59 Å². The molecule has 0 spiro atoms. The Hall–Kier alpha value is -2.24. The van der Waals surface area contributed by atoms with Crippen molar-refractivity contribution in [1.82, 2.24) is 4.90 Å². The van der Waals surface area contributed by atoms with Crippen LogP contribution in [-0.2, 0) is 11.3 Å². The van der Waals surface area contributed by atoms with Crippen LogP contribution in [0.5, 0.6) is 5.75 Å². The molecular weight excluding hydrogens is 306 g/mol. The molecule has 6 nitrogen and oxygen atoms in total. The number of carbonyl (C=O) groups excluding carboxylic acids is 2. The summed E-state index contributed by atoms with van der Waals surface area (Å²) in [7, 11) is 1.61. The Morgan fingerprint density at radius 3 is 2.62 bits per heavy atom. The number of aryl methyl sites for hydroxylation is 1. The van der Waals surface area contributed by atoms with Crippen molar-refractivity contribution in [2.45, 2.75) is 52.1 Å². The summed E-state index contributed by atoms with van der Waals surface area (Å²) in [4.78, 5) is 26.1. The van der Waals surface area contributed by atoms with Gasteiger partial charge in [-0.1, -0.05) is 13.0 Å². The van der Waals surface area contributed by atoms with Gasteiger partial charge in [0.25, 0.3) is 0 Å². The van der Waals surface area contributed by atoms with Crippen LogP contribution in [0.1, 0.15) is 43.7 Å². The summed E-state index contributed by atoms with van der Waals surface area (Å²) >= 11 is 0. The lowest BCUT2D eigenvalue weighted by molar-refractivity contribution is -0.129. The molecule has 24 heavy (non-hydrogen) atoms. The van der Waals surface area contributed by atoms with Gasteiger partial charge in [-0.15, -0.1) is 0 Å². The maximum Gasteiger partial charge on any atom is 0.322 e. The molecule has 0 atom stereocenters. The molecule has 0 radical (unpaired) electrons. The number of hydrogen-bond donors (Lipinski definition) is 2. The third kappa shape index (κ3) is 2.70. The zero-order chi connectivity index (χ0) is 17.5. The zero-order valence-electron chi connectivity index (χ0n) is 14.5. The van der Waals surface area contributed by atoms with Crippen molar-refractivity contribution in [3.63, 3.8) is 0 Å². The number of nitrogens with one attached hydrogen (secondary N) is 1. The normalized spacial score (nSPS) is 26.5. The topological polar surface area (TPSA) is 84.7 Å². The number of urea groups is 1. The fourth-order valence-corrected chi connectivity index (χ4v) is 3.75. The van der Waals surface area contributed by atoms with Gasteiger partial charge in [-0.2, -0.15) is 0 Å². The Kier molecular flexibility index (Phi) is 4.15. The summed E-state index contributed by atoms with van der Waals surface area (Å²) in [6.45, 7) is 4.53. The molecule has 3 N–H and O–H groups in total. The second kappa shape index (κ2) is 6.00. The number of nitrogens with zero attached hydrogens (tertiary/aromatic N) is 1. The summed E-state index contributed by atoms with van der Waals surface area (Å²) < 4.78 is 5.37. The van der Waals surface area contributed by atoms with E-state index >= 15 is 0 Å². The molecule has 6 heteroatoms. The second-order valence-electron chi connectivity index (χ2n) is 7.15. The fraction of sp³-hybridized carbons (Fsp3) is 0.556. The predicted octanol–water partition coefficient (Wildman–Crippen LogP) is 2.79. The van der Waals surface area contributed by atoms with E-state index in [0.29, 0.717) is 12.3 Å². The summed E-state index contributed by atoms with van der Waals surface area (Å²) in [6, 6.07) is 3.93. The first-order valence-electron chi connectivity index (χ1n) is 8.40. The number of ether oxygens (including phenoxy) is 1. The first-order chi connectivity index (χ1) is 11.4. The van der Waals surface area contributed by atoms with E-state index in [1.54, 1.807) is 7.11 Å². The Morgan fingerprint density at radius 2 is 2.04 bits per heavy atom. The van der Waals surface area contributed by atoms with Gasteiger partial charge in [0.15, 0.2) is 0 Å². The summed E-state index contributed by atoms with van der Waals surface area (Å²) in [5, 5.41) is 2.98. The van der Waals surface area contributed by atoms with Crippen molar-refractivity contribution in [1.29, 1.82) is 0 Å². The Balaban J connectivity index is 1.80. The lowest BCUT2D eigenvalue weighted by Crippen LogP contribution is -2.49. The van der Waals surface area contributed by atoms with E-state index in [2.05, 4.69) is 5.32 Å². The van der Waals surface area contributed by atoms with E-state index in [0.717, 1.165) is 42.5 Å². The highest BCUT2D eigenvalue weighted by atomic mass is 16.5. The molecule has 1 saturated carbocycles. The minimum absolute atomic E-state index is 0.0981. The molecule has 1 aromatic carbocycles. The van der Waals surface area contributed by atoms with Crippen LogP contribution in [0.2, 0.25) is 0 Å². The molecule has 0 aromatic heterocycles. The summed E-state index contributed by atoms with van der Waals surface area (Å²) in [5.41, 5.74) is 8.08. The molecule has 1 aliphatic carbocycles. The zero-order valence-corrected chi connectivity index (χ0v) is 14.5. The molecule has 0 bridgehead atoms. The van der Waals surface area contributed by atoms with Gasteiger partial charge in [0.05, 0.1) is 19.3 Å². The van der Waals surface area contributed by atoms with Crippen molar-refractivity contribution in [3.8, 4) is 5.75 Å². The average Bonchev–Trinajstić information content (AvgIpc) is 2.56. The number of hydrogen-bond acceptors (Lipinski definition) is 3. The first kappa shape index (κ1) is 16.6. The van der Waals surface area contributed by atoms with E-state index in [4.69, 9.17) is 10.5 Å². The minimum Gasteiger partial charge on any atom is -0.495 e. The van der Waals surface area contributed by atoms with Crippen LogP contribution in [-0.4, -0.2) is 30.0 Å². The highest BCUT2D eigenvalue weighted by Gasteiger charge is 2.40. The van der Waals surface area contributed by atoms with Crippen molar-refractivity contribution in [3.05, 3.63) is 23.3 Å². The summed E-state index contributed by atoms with van der Waals surface area (Å²) in [5.74, 6) is 0.448. The lowest BCUT2D eigenvalue weighted by atomic mass is 9.73. The van der Waals surface area contributed by atoms with Crippen molar-refractivity contribution in [2.75, 3.05) is 12.4 Å². The van der Waals surface area contributed by atoms with Gasteiger partial charge in [-0.3, -0.25) is 4.79 Å². The Labute approximate surface area is 142 Å². The molecule has 130 valence electrons. The molecule has 1 aliphatic heterocycles. The number of primary amides is 1. The quantitative estimate of drug-likeness (QED) is 0.893. The molecular formula is C18H25N3O3. The third-order valence-corrected chi connectivity index (χ3v) is 5.64. The number of carbonyl (C=O) groups is 2. The monoisotopic (exact) mass is 331 g/mol. The van der Waals surface area contributed by atoms with Crippen LogP contribution in [0.15, 0.2) is 12.1 Å². The van der Waals surface area contributed by atoms with Gasteiger partial charge >= 0.3 is 6.03 Å². The molecule has 1 heterocycles. The number of methoxy groups -OCH3 is 1. The third-order valence-electron chi connectivity index (χ3n) is 5.64. The van der Waals surface area contributed by atoms with Gasteiger partial charge in [0.1, 0.15) is 5.75 Å². The molecule has 3 rings (SSSR count). The number of rotatable bonds is 3. The molecule has 1 aromatic rings. The van der Waals surface area contributed by atoms with E-state index in [-0.39, 0.29) is 18.0 Å². The standard InChI is InChI=1S/C18H25N3O3/c1-11-4-5-14(24-3)15-13(11)10-21(17(23)20-15)12-6-8-18(2,9-7-12)16(19)22/h4-5,12H,6-10H2,1-3H3,(H2,19,22)(H,20,23). The average molecular weight is 331 g/mol. The van der Waals surface area contributed by atoms with Crippen molar-refractivity contribution < 1.29 is 14.3 Å². The van der Waals surface area contributed by atoms with E-state index in [1.165, 1.54) is 0 Å². The maximum absolute atomic E-state index is 12.6. The number of anilines is 1. The Morgan fingerprint density at radius 1 is 1.38 bits per heavy atom. The van der Waals surface area contributed by atoms with Crippen LogP contribution < -0.4 is 15.8 Å². The SMILES string of the molecule is COc1ccc(C)c2c1NC(=O)N(C1CCC(C)(C(N)=O)CC1)C2. The molecule has 2 aliphatic rings. The lowest BCUT2D eigenvalue weighted by Gasteiger charge is -2.42. The van der Waals surface area contributed by atoms with Gasteiger partial charge in [0.2, 0.25) is 5.91 Å². The van der Waals surface area contributed by atoms with E-state index < -0.39 is 5.41 Å². The highest BCUT2D eigenvalue weighted by molar-refractivity contribution is 5.94. The van der Waals surface area contributed by atoms with Crippen molar-refractivity contribution in [2.24, 2.45) is 11.1 Å². The predicted molar refractivity (Wildman–Crippen MR) is 91.9 cm³/mol. The molecule has 0 saturated heterocycles. The van der Waals surface area contributed by atoms with Crippen LogP contribution in [0.4, 0.5) is 10.5 Å². The molecule has 3 amide bonds. The van der Waals surface area contributed by atoms with Crippen LogP contribution in [0.25, 0.3) is 0 Å². The van der Waals surface area contributed by atoms with Crippen LogP contribution in [0, 0.1) is 12.3 Å². The number of benzene rings is 1. The largest absolute Gasteiger partial charge is 0.495 e. The fourth-order valence-electron chi connectivity index (χ4n) is 3.75. The van der Waals surface area contributed by atoms with Gasteiger partial charge in [-0.05, 0) is 44.2 Å². The second-order valence-corrected chi connectivity index (χ2v) is 7.15. The smallest absolute Gasteiger partial charge is 0.322 e. The molecule has 0 unspecified atom stereocenters. The van der Waals surface area contributed by atoms with Crippen LogP contribution >= 0.6 is 0 Å². The number of fused-ring (bicyclic) bond motifs is 1. The van der Waals surface area contributed by atoms with E-state index in [1.807, 2.05) is 30.9 Å². The van der Waals surface area contributed by atoms with Gasteiger partial charge < -0.3 is 20.7 Å². The number of amides is 3. The maximum atomic E-state index is 12.6. The van der Waals surface area contributed by atoms with Gasteiger partial charge in [-0.25, -0.2) is 4.79 Å². The molecule has 1 fully saturated rings. The summed E-state index contributed by atoms with van der Waals surface area (Å²) in [6.07, 6.45) is 3.04. The highest BCUT2D eigenvalue weighted by Crippen LogP contribution is 2.41. The van der Waals surface area contributed by atoms with Crippen LogP contribution in [0.3, 0.4) is 0 Å². The van der Waals surface area contributed by atoms with Gasteiger partial charge in [0, 0.05) is 17.0 Å². The Bertz CT molecular complexity index is 678. The number of nitrogens with two attached hydrogens (primary N) is 1.